The van der Waals surface area contributed by atoms with Crippen LogP contribution in [0.3, 0.4) is 0 Å². The third kappa shape index (κ3) is 2.51. The Hall–Kier alpha value is -2.60. The van der Waals surface area contributed by atoms with Crippen molar-refractivity contribution in [1.82, 2.24) is 14.6 Å². The number of ether oxygens (including phenoxy) is 1. The number of aliphatic hydroxyl groups excluding tert-OH is 1. The molecule has 0 saturated heterocycles. The zero-order valence-electron chi connectivity index (χ0n) is 13.4. The number of fused-ring (bicyclic) bond motifs is 1. The van der Waals surface area contributed by atoms with Crippen LogP contribution in [0.2, 0.25) is 0 Å². The summed E-state index contributed by atoms with van der Waals surface area (Å²) in [4.78, 5) is 17.2. The molecule has 1 aromatic carbocycles. The first-order valence-electron chi connectivity index (χ1n) is 7.43. The molecule has 0 amide bonds. The highest BCUT2D eigenvalue weighted by atomic mass is 16.5. The minimum Gasteiger partial charge on any atom is -0.497 e. The molecule has 0 spiro atoms. The van der Waals surface area contributed by atoms with E-state index in [9.17, 15) is 4.79 Å². The summed E-state index contributed by atoms with van der Waals surface area (Å²) in [6.45, 7) is 3.64. The van der Waals surface area contributed by atoms with Gasteiger partial charge in [-0.05, 0) is 31.5 Å². The first-order valence-corrected chi connectivity index (χ1v) is 7.43. The highest BCUT2D eigenvalue weighted by Gasteiger charge is 2.17. The van der Waals surface area contributed by atoms with Crippen molar-refractivity contribution in [3.8, 4) is 16.9 Å². The van der Waals surface area contributed by atoms with Crippen molar-refractivity contribution >= 4 is 5.65 Å². The smallest absolute Gasteiger partial charge is 0.276 e. The average molecular weight is 313 g/mol. The number of benzene rings is 1. The number of aryl methyl sites for hydroxylation is 2. The van der Waals surface area contributed by atoms with Crippen LogP contribution < -0.4 is 10.3 Å². The summed E-state index contributed by atoms with van der Waals surface area (Å²) in [7, 11) is 1.62. The number of methoxy groups -OCH3 is 1. The Morgan fingerprint density at radius 2 is 1.96 bits per heavy atom. The maximum Gasteiger partial charge on any atom is 0.276 e. The van der Waals surface area contributed by atoms with Gasteiger partial charge in [-0.2, -0.15) is 0 Å². The maximum atomic E-state index is 12.6. The minimum absolute atomic E-state index is 0.0745. The molecule has 0 atom stereocenters. The summed E-state index contributed by atoms with van der Waals surface area (Å²) in [5.41, 5.74) is 4.33. The number of aromatic nitrogens is 3. The average Bonchev–Trinajstić information content (AvgIpc) is 2.88. The molecule has 0 aliphatic heterocycles. The van der Waals surface area contributed by atoms with Gasteiger partial charge >= 0.3 is 0 Å². The van der Waals surface area contributed by atoms with Gasteiger partial charge in [0.05, 0.1) is 7.11 Å². The SMILES string of the molecule is COc1ccc(-c2c(C)[nH]n3c(=O)c(CCO)c(C)nc23)cc1. The van der Waals surface area contributed by atoms with E-state index in [4.69, 9.17) is 9.84 Å². The third-order valence-corrected chi connectivity index (χ3v) is 4.00. The van der Waals surface area contributed by atoms with Gasteiger partial charge in [0.2, 0.25) is 0 Å². The van der Waals surface area contributed by atoms with Crippen molar-refractivity contribution in [1.29, 1.82) is 0 Å². The van der Waals surface area contributed by atoms with E-state index >= 15 is 0 Å². The quantitative estimate of drug-likeness (QED) is 0.770. The van der Waals surface area contributed by atoms with Crippen LogP contribution in [0.25, 0.3) is 16.8 Å². The fourth-order valence-corrected chi connectivity index (χ4v) is 2.83. The second-order valence-electron chi connectivity index (χ2n) is 5.45. The van der Waals surface area contributed by atoms with Crippen LogP contribution in [0.4, 0.5) is 0 Å². The molecule has 2 N–H and O–H groups in total. The van der Waals surface area contributed by atoms with Crippen molar-refractivity contribution < 1.29 is 9.84 Å². The number of aromatic amines is 1. The molecule has 0 radical (unpaired) electrons. The first kappa shape index (κ1) is 15.3. The molecule has 0 unspecified atom stereocenters. The van der Waals surface area contributed by atoms with Crippen LogP contribution >= 0.6 is 0 Å². The van der Waals surface area contributed by atoms with Gasteiger partial charge in [0.25, 0.3) is 5.56 Å². The van der Waals surface area contributed by atoms with Gasteiger partial charge in [0.1, 0.15) is 5.75 Å². The van der Waals surface area contributed by atoms with Gasteiger partial charge in [-0.25, -0.2) is 9.50 Å². The van der Waals surface area contributed by atoms with E-state index in [-0.39, 0.29) is 12.2 Å². The van der Waals surface area contributed by atoms with Crippen molar-refractivity contribution in [3.05, 3.63) is 51.6 Å². The fourth-order valence-electron chi connectivity index (χ4n) is 2.83. The van der Waals surface area contributed by atoms with Gasteiger partial charge in [-0.1, -0.05) is 12.1 Å². The fraction of sp³-hybridized carbons (Fsp3) is 0.294. The van der Waals surface area contributed by atoms with Crippen LogP contribution in [0.5, 0.6) is 5.75 Å². The van der Waals surface area contributed by atoms with E-state index in [1.807, 2.05) is 31.2 Å². The van der Waals surface area contributed by atoms with E-state index < -0.39 is 0 Å². The molecule has 0 bridgehead atoms. The highest BCUT2D eigenvalue weighted by Crippen LogP contribution is 2.28. The van der Waals surface area contributed by atoms with Crippen molar-refractivity contribution in [3.63, 3.8) is 0 Å². The maximum absolute atomic E-state index is 12.6. The Kier molecular flexibility index (Phi) is 3.92. The second-order valence-corrected chi connectivity index (χ2v) is 5.45. The number of nitrogens with zero attached hydrogens (tertiary/aromatic N) is 2. The molecule has 0 fully saturated rings. The number of H-pyrrole nitrogens is 1. The molecule has 3 aromatic rings. The van der Waals surface area contributed by atoms with E-state index in [0.717, 1.165) is 22.6 Å². The molecular weight excluding hydrogens is 294 g/mol. The number of aliphatic hydroxyl groups is 1. The third-order valence-electron chi connectivity index (χ3n) is 4.00. The lowest BCUT2D eigenvalue weighted by molar-refractivity contribution is 0.298. The largest absolute Gasteiger partial charge is 0.497 e. The molecule has 3 rings (SSSR count). The number of nitrogens with one attached hydrogen (secondary N) is 1. The summed E-state index contributed by atoms with van der Waals surface area (Å²) in [5, 5.41) is 12.2. The summed E-state index contributed by atoms with van der Waals surface area (Å²) >= 11 is 0. The normalized spacial score (nSPS) is 11.1. The summed E-state index contributed by atoms with van der Waals surface area (Å²) in [6.07, 6.45) is 0.302. The van der Waals surface area contributed by atoms with Crippen molar-refractivity contribution in [2.45, 2.75) is 20.3 Å². The molecule has 0 aliphatic carbocycles. The standard InChI is InChI=1S/C17H19N3O3/c1-10-14(8-9-21)17(22)20-16(18-10)15(11(2)19-20)12-4-6-13(23-3)7-5-12/h4-7,19,21H,8-9H2,1-3H3. The van der Waals surface area contributed by atoms with Crippen LogP contribution in [0.1, 0.15) is 17.0 Å². The Balaban J connectivity index is 2.25. The van der Waals surface area contributed by atoms with Crippen LogP contribution in [0.15, 0.2) is 29.1 Å². The van der Waals surface area contributed by atoms with Gasteiger partial charge in [0.15, 0.2) is 5.65 Å². The van der Waals surface area contributed by atoms with Gasteiger partial charge in [0, 0.05) is 35.5 Å². The van der Waals surface area contributed by atoms with Crippen LogP contribution in [-0.2, 0) is 6.42 Å². The number of hydrogen-bond acceptors (Lipinski definition) is 4. The Bertz CT molecular complexity index is 907. The minimum atomic E-state index is -0.163. The Morgan fingerprint density at radius 3 is 2.57 bits per heavy atom. The Morgan fingerprint density at radius 1 is 1.26 bits per heavy atom. The molecule has 120 valence electrons. The molecule has 6 heteroatoms. The van der Waals surface area contributed by atoms with Crippen LogP contribution in [0, 0.1) is 13.8 Å². The van der Waals surface area contributed by atoms with Crippen LogP contribution in [-0.4, -0.2) is 33.4 Å². The lowest BCUT2D eigenvalue weighted by Crippen LogP contribution is -2.22. The van der Waals surface area contributed by atoms with E-state index in [1.54, 1.807) is 14.0 Å². The van der Waals surface area contributed by atoms with Crippen molar-refractivity contribution in [2.75, 3.05) is 13.7 Å². The molecule has 6 nitrogen and oxygen atoms in total. The topological polar surface area (TPSA) is 79.6 Å². The lowest BCUT2D eigenvalue weighted by atomic mass is 10.1. The highest BCUT2D eigenvalue weighted by molar-refractivity contribution is 5.80. The summed E-state index contributed by atoms with van der Waals surface area (Å²) in [6, 6.07) is 7.64. The van der Waals surface area contributed by atoms with Gasteiger partial charge in [-0.15, -0.1) is 0 Å². The molecule has 2 heterocycles. The lowest BCUT2D eigenvalue weighted by Gasteiger charge is -2.06. The van der Waals surface area contributed by atoms with Crippen molar-refractivity contribution in [2.24, 2.45) is 0 Å². The molecular formula is C17H19N3O3. The second kappa shape index (κ2) is 5.89. The first-order chi connectivity index (χ1) is 11.1. The zero-order chi connectivity index (χ0) is 16.6. The van der Waals surface area contributed by atoms with E-state index in [1.165, 1.54) is 4.52 Å². The van der Waals surface area contributed by atoms with E-state index in [0.29, 0.717) is 23.3 Å². The number of hydrogen-bond donors (Lipinski definition) is 2. The summed E-state index contributed by atoms with van der Waals surface area (Å²) < 4.78 is 6.63. The van der Waals surface area contributed by atoms with Gasteiger partial charge < -0.3 is 9.84 Å². The molecule has 0 aliphatic rings. The summed E-state index contributed by atoms with van der Waals surface area (Å²) in [5.74, 6) is 0.776. The molecule has 23 heavy (non-hydrogen) atoms. The monoisotopic (exact) mass is 313 g/mol. The molecule has 2 aromatic heterocycles. The van der Waals surface area contributed by atoms with Gasteiger partial charge in [-0.3, -0.25) is 9.89 Å². The predicted octanol–water partition coefficient (Wildman–Crippen LogP) is 1.85. The molecule has 0 saturated carbocycles. The Labute approximate surface area is 133 Å². The van der Waals surface area contributed by atoms with E-state index in [2.05, 4.69) is 10.1 Å². The number of rotatable bonds is 4. The predicted molar refractivity (Wildman–Crippen MR) is 88.1 cm³/mol. The zero-order valence-corrected chi connectivity index (χ0v) is 13.4.